The van der Waals surface area contributed by atoms with Crippen LogP contribution in [0.3, 0.4) is 0 Å². The maximum Gasteiger partial charge on any atom is 0.203 e. The summed E-state index contributed by atoms with van der Waals surface area (Å²) in [6.45, 7) is 1.77. The number of carbonyl (C=O) groups excluding carboxylic acids is 1. The molecular formula is C15H14O4. The molecule has 0 atom stereocenters. The van der Waals surface area contributed by atoms with Gasteiger partial charge in [0.15, 0.2) is 6.61 Å². The number of ketones is 1. The third kappa shape index (κ3) is 3.25. The fourth-order valence-corrected chi connectivity index (χ4v) is 1.69. The molecule has 0 amide bonds. The Hall–Kier alpha value is -2.49. The highest BCUT2D eigenvalue weighted by Gasteiger charge is 2.12. The Morgan fingerprint density at radius 1 is 1.16 bits per heavy atom. The molecule has 0 bridgehead atoms. The largest absolute Gasteiger partial charge is 0.508 e. The molecule has 2 rings (SSSR count). The van der Waals surface area contributed by atoms with Crippen molar-refractivity contribution in [3.05, 3.63) is 53.6 Å². The summed E-state index contributed by atoms with van der Waals surface area (Å²) in [6, 6.07) is 11.2. The van der Waals surface area contributed by atoms with Crippen molar-refractivity contribution in [1.29, 1.82) is 0 Å². The Morgan fingerprint density at radius 3 is 2.63 bits per heavy atom. The van der Waals surface area contributed by atoms with Gasteiger partial charge in [0.05, 0.1) is 5.56 Å². The van der Waals surface area contributed by atoms with Gasteiger partial charge in [-0.25, -0.2) is 0 Å². The van der Waals surface area contributed by atoms with Crippen LogP contribution in [0.4, 0.5) is 0 Å². The Labute approximate surface area is 110 Å². The van der Waals surface area contributed by atoms with E-state index >= 15 is 0 Å². The first-order valence-electron chi connectivity index (χ1n) is 5.81. The van der Waals surface area contributed by atoms with Crippen LogP contribution in [-0.2, 0) is 0 Å². The number of benzene rings is 2. The lowest BCUT2D eigenvalue weighted by atomic mass is 10.1. The first kappa shape index (κ1) is 13.0. The minimum absolute atomic E-state index is 0.0892. The Balaban J connectivity index is 2.05. The van der Waals surface area contributed by atoms with E-state index in [1.807, 2.05) is 25.1 Å². The number of ether oxygens (including phenoxy) is 1. The zero-order valence-electron chi connectivity index (χ0n) is 10.5. The van der Waals surface area contributed by atoms with Gasteiger partial charge in [0.2, 0.25) is 5.78 Å². The van der Waals surface area contributed by atoms with Crippen molar-refractivity contribution < 1.29 is 19.7 Å². The van der Waals surface area contributed by atoms with Gasteiger partial charge in [-0.05, 0) is 36.8 Å². The Morgan fingerprint density at radius 2 is 1.95 bits per heavy atom. The molecule has 4 heteroatoms. The number of phenols is 2. The minimum Gasteiger partial charge on any atom is -0.508 e. The van der Waals surface area contributed by atoms with Crippen molar-refractivity contribution in [3.63, 3.8) is 0 Å². The Bertz CT molecular complexity index is 605. The van der Waals surface area contributed by atoms with Crippen molar-refractivity contribution in [2.45, 2.75) is 6.92 Å². The topological polar surface area (TPSA) is 66.8 Å². The van der Waals surface area contributed by atoms with E-state index in [2.05, 4.69) is 0 Å². The number of carbonyl (C=O) groups is 1. The van der Waals surface area contributed by atoms with Gasteiger partial charge in [0.25, 0.3) is 0 Å². The van der Waals surface area contributed by atoms with Gasteiger partial charge in [0.1, 0.15) is 17.2 Å². The fourth-order valence-electron chi connectivity index (χ4n) is 1.69. The molecule has 0 unspecified atom stereocenters. The molecule has 98 valence electrons. The second kappa shape index (κ2) is 5.44. The lowest BCUT2D eigenvalue weighted by Gasteiger charge is -2.07. The highest BCUT2D eigenvalue weighted by Crippen LogP contribution is 2.23. The highest BCUT2D eigenvalue weighted by atomic mass is 16.5. The van der Waals surface area contributed by atoms with Crippen molar-refractivity contribution in [3.8, 4) is 17.2 Å². The molecule has 0 aliphatic heterocycles. The summed E-state index contributed by atoms with van der Waals surface area (Å²) >= 11 is 0. The summed E-state index contributed by atoms with van der Waals surface area (Å²) in [5.74, 6) is -0.0860. The number of hydrogen-bond acceptors (Lipinski definition) is 4. The Kier molecular flexibility index (Phi) is 3.71. The van der Waals surface area contributed by atoms with Crippen molar-refractivity contribution >= 4 is 5.78 Å². The second-order valence-electron chi connectivity index (χ2n) is 4.23. The van der Waals surface area contributed by atoms with E-state index in [1.54, 1.807) is 6.07 Å². The van der Waals surface area contributed by atoms with Crippen LogP contribution in [0.2, 0.25) is 0 Å². The molecule has 0 aromatic heterocycles. The lowest BCUT2D eigenvalue weighted by Crippen LogP contribution is -2.11. The van der Waals surface area contributed by atoms with Crippen LogP contribution in [0, 0.1) is 6.92 Å². The van der Waals surface area contributed by atoms with E-state index < -0.39 is 0 Å². The number of rotatable bonds is 4. The number of phenolic OH excluding ortho intramolecular Hbond substituents is 2. The predicted molar refractivity (Wildman–Crippen MR) is 70.8 cm³/mol. The van der Waals surface area contributed by atoms with Crippen LogP contribution in [0.25, 0.3) is 0 Å². The SMILES string of the molecule is Cc1cccc(OCC(=O)c2ccc(O)cc2O)c1. The molecule has 0 fully saturated rings. The van der Waals surface area contributed by atoms with Gasteiger partial charge in [-0.2, -0.15) is 0 Å². The first-order valence-corrected chi connectivity index (χ1v) is 5.81. The van der Waals surface area contributed by atoms with E-state index in [1.165, 1.54) is 12.1 Å². The van der Waals surface area contributed by atoms with Crippen molar-refractivity contribution in [2.24, 2.45) is 0 Å². The number of hydrogen-bond donors (Lipinski definition) is 2. The van der Waals surface area contributed by atoms with E-state index in [9.17, 15) is 9.90 Å². The summed E-state index contributed by atoms with van der Waals surface area (Å²) in [7, 11) is 0. The second-order valence-corrected chi connectivity index (χ2v) is 4.23. The van der Waals surface area contributed by atoms with Crippen LogP contribution in [-0.4, -0.2) is 22.6 Å². The van der Waals surface area contributed by atoms with Crippen LogP contribution >= 0.6 is 0 Å². The molecule has 0 saturated heterocycles. The molecule has 2 N–H and O–H groups in total. The predicted octanol–water partition coefficient (Wildman–Crippen LogP) is 2.67. The van der Waals surface area contributed by atoms with Crippen LogP contribution in [0.1, 0.15) is 15.9 Å². The quantitative estimate of drug-likeness (QED) is 0.827. The first-order chi connectivity index (χ1) is 9.06. The zero-order valence-corrected chi connectivity index (χ0v) is 10.5. The summed E-state index contributed by atoms with van der Waals surface area (Å²) in [5, 5.41) is 18.7. The maximum absolute atomic E-state index is 11.9. The molecular weight excluding hydrogens is 244 g/mol. The summed E-state index contributed by atoms with van der Waals surface area (Å²) in [5.41, 5.74) is 1.17. The maximum atomic E-state index is 11.9. The van der Waals surface area contributed by atoms with Gasteiger partial charge < -0.3 is 14.9 Å². The van der Waals surface area contributed by atoms with Gasteiger partial charge in [0, 0.05) is 6.07 Å². The smallest absolute Gasteiger partial charge is 0.203 e. The molecule has 0 saturated carbocycles. The van der Waals surface area contributed by atoms with E-state index in [-0.39, 0.29) is 29.5 Å². The monoisotopic (exact) mass is 258 g/mol. The molecule has 19 heavy (non-hydrogen) atoms. The van der Waals surface area contributed by atoms with Crippen LogP contribution in [0.15, 0.2) is 42.5 Å². The average molecular weight is 258 g/mol. The third-order valence-electron chi connectivity index (χ3n) is 2.64. The number of Topliss-reactive ketones (excluding diaryl/α,β-unsaturated/α-hetero) is 1. The normalized spacial score (nSPS) is 10.2. The van der Waals surface area contributed by atoms with Crippen LogP contribution in [0.5, 0.6) is 17.2 Å². The van der Waals surface area contributed by atoms with E-state index in [4.69, 9.17) is 9.84 Å². The standard InChI is InChI=1S/C15H14O4/c1-10-3-2-4-12(7-10)19-9-15(18)13-6-5-11(16)8-14(13)17/h2-8,16-17H,9H2,1H3. The van der Waals surface area contributed by atoms with Crippen molar-refractivity contribution in [1.82, 2.24) is 0 Å². The lowest BCUT2D eigenvalue weighted by molar-refractivity contribution is 0.0918. The molecule has 0 spiro atoms. The van der Waals surface area contributed by atoms with Gasteiger partial charge in [-0.1, -0.05) is 12.1 Å². The third-order valence-corrected chi connectivity index (χ3v) is 2.64. The molecule has 2 aromatic carbocycles. The van der Waals surface area contributed by atoms with E-state index in [0.29, 0.717) is 5.75 Å². The summed E-state index contributed by atoms with van der Waals surface area (Å²) in [6.07, 6.45) is 0. The molecule has 0 radical (unpaired) electrons. The molecule has 2 aromatic rings. The molecule has 0 aliphatic carbocycles. The van der Waals surface area contributed by atoms with Gasteiger partial charge in [-0.3, -0.25) is 4.79 Å². The van der Waals surface area contributed by atoms with Crippen LogP contribution < -0.4 is 4.74 Å². The summed E-state index contributed by atoms with van der Waals surface area (Å²) in [4.78, 5) is 11.9. The van der Waals surface area contributed by atoms with Gasteiger partial charge >= 0.3 is 0 Å². The highest BCUT2D eigenvalue weighted by molar-refractivity contribution is 5.99. The fraction of sp³-hybridized carbons (Fsp3) is 0.133. The average Bonchev–Trinajstić information content (AvgIpc) is 2.36. The number of aromatic hydroxyl groups is 2. The molecule has 0 aliphatic rings. The minimum atomic E-state index is -0.348. The summed E-state index contributed by atoms with van der Waals surface area (Å²) < 4.78 is 5.37. The molecule has 4 nitrogen and oxygen atoms in total. The molecule has 0 heterocycles. The van der Waals surface area contributed by atoms with Crippen molar-refractivity contribution in [2.75, 3.05) is 6.61 Å². The zero-order chi connectivity index (χ0) is 13.8. The van der Waals surface area contributed by atoms with E-state index in [0.717, 1.165) is 11.6 Å². The van der Waals surface area contributed by atoms with Gasteiger partial charge in [-0.15, -0.1) is 0 Å². The number of aryl methyl sites for hydroxylation is 1.